The van der Waals surface area contributed by atoms with Crippen molar-refractivity contribution in [1.82, 2.24) is 5.32 Å². The van der Waals surface area contributed by atoms with Gasteiger partial charge in [-0.15, -0.1) is 0 Å². The molecule has 2 aromatic rings. The van der Waals surface area contributed by atoms with Crippen LogP contribution in [0.25, 0.3) is 0 Å². The number of nitrogens with zero attached hydrogens (tertiary/aromatic N) is 2. The number of primary amides is 1. The SMILES string of the molecule is [2H]C([2H])([2H])N1C(=O)[C@@H](NC(=O)[C@H](CCC(F)(F)F)[C@H](CCC(F)(F)F)C(N)=O)N=C(c2ccccc2)c2ccccc21. The Hall–Kier alpha value is -3.90. The third-order valence-corrected chi connectivity index (χ3v) is 6.10. The summed E-state index contributed by atoms with van der Waals surface area (Å²) in [5, 5.41) is 2.09. The lowest BCUT2D eigenvalue weighted by Gasteiger charge is -2.27. The first-order valence-corrected chi connectivity index (χ1v) is 11.7. The van der Waals surface area contributed by atoms with Gasteiger partial charge >= 0.3 is 12.4 Å². The van der Waals surface area contributed by atoms with Crippen LogP contribution in [-0.2, 0) is 14.4 Å². The van der Waals surface area contributed by atoms with Crippen LogP contribution in [0.5, 0.6) is 0 Å². The van der Waals surface area contributed by atoms with E-state index in [-0.39, 0.29) is 17.0 Å². The number of hydrogen-bond acceptors (Lipinski definition) is 4. The number of nitrogens with one attached hydrogen (secondary N) is 1. The fraction of sp³-hybridized carbons (Fsp3) is 0.385. The summed E-state index contributed by atoms with van der Waals surface area (Å²) in [4.78, 5) is 43.7. The number of likely N-dealkylation sites (N-methyl/N-ethyl adjacent to an activating group) is 1. The number of rotatable bonds is 9. The molecule has 2 aromatic carbocycles. The number of halogens is 6. The molecule has 3 N–H and O–H groups in total. The van der Waals surface area contributed by atoms with Gasteiger partial charge in [-0.1, -0.05) is 48.5 Å². The molecule has 3 rings (SSSR count). The molecule has 1 heterocycles. The lowest BCUT2D eigenvalue weighted by Crippen LogP contribution is -2.50. The van der Waals surface area contributed by atoms with Gasteiger partial charge in [0.15, 0.2) is 0 Å². The van der Waals surface area contributed by atoms with Gasteiger partial charge in [0.2, 0.25) is 18.0 Å². The average Bonchev–Trinajstić information content (AvgIpc) is 2.99. The fourth-order valence-corrected chi connectivity index (χ4v) is 4.22. The van der Waals surface area contributed by atoms with Crippen molar-refractivity contribution >= 4 is 29.1 Å². The van der Waals surface area contributed by atoms with Crippen LogP contribution >= 0.6 is 0 Å². The number of carbonyl (C=O) groups is 3. The van der Waals surface area contributed by atoms with E-state index in [9.17, 15) is 40.7 Å². The molecule has 1 aliphatic rings. The van der Waals surface area contributed by atoms with Gasteiger partial charge in [0.1, 0.15) is 0 Å². The third kappa shape index (κ3) is 7.80. The van der Waals surface area contributed by atoms with Crippen LogP contribution in [0.15, 0.2) is 59.6 Å². The molecule has 210 valence electrons. The Morgan fingerprint density at radius 1 is 0.974 bits per heavy atom. The quantitative estimate of drug-likeness (QED) is 0.447. The smallest absolute Gasteiger partial charge is 0.369 e. The first kappa shape index (κ1) is 25.4. The summed E-state index contributed by atoms with van der Waals surface area (Å²) < 4.78 is 102. The maximum atomic E-state index is 13.6. The first-order chi connectivity index (χ1) is 19.4. The highest BCUT2D eigenvalue weighted by atomic mass is 19.4. The number of nitrogens with two attached hydrogens (primary N) is 1. The van der Waals surface area contributed by atoms with Gasteiger partial charge in [-0.2, -0.15) is 26.3 Å². The molecule has 3 atom stereocenters. The summed E-state index contributed by atoms with van der Waals surface area (Å²) >= 11 is 0. The number of aliphatic imine (C=N–C) groups is 1. The molecule has 13 heteroatoms. The van der Waals surface area contributed by atoms with Crippen molar-refractivity contribution in [2.75, 3.05) is 11.9 Å². The number of para-hydroxylation sites is 1. The Bertz CT molecular complexity index is 1330. The zero-order valence-corrected chi connectivity index (χ0v) is 20.2. The Morgan fingerprint density at radius 3 is 2.10 bits per heavy atom. The standard InChI is InChI=1S/C26H26F6N4O3/c1-36-19-10-6-5-9-18(19)20(15-7-3-2-4-8-15)34-22(24(36)39)35-23(38)17(12-14-26(30,31)32)16(21(33)37)11-13-25(27,28)29/h2-10,16-17,22H,11-14H2,1H3,(H2,33,37)(H,35,38)/t16-,17+,22+/m0/s1/i1D3. The molecule has 0 fully saturated rings. The third-order valence-electron chi connectivity index (χ3n) is 6.10. The zero-order chi connectivity index (χ0) is 31.5. The summed E-state index contributed by atoms with van der Waals surface area (Å²) in [6.07, 6.45) is -17.2. The lowest BCUT2D eigenvalue weighted by atomic mass is 9.83. The molecule has 0 spiro atoms. The number of fused-ring (bicyclic) bond motifs is 1. The molecule has 0 bridgehead atoms. The molecule has 0 saturated carbocycles. The van der Waals surface area contributed by atoms with Crippen molar-refractivity contribution < 1.29 is 44.8 Å². The number of carbonyl (C=O) groups excluding carboxylic acids is 3. The van der Waals surface area contributed by atoms with Crippen LogP contribution in [0.3, 0.4) is 0 Å². The molecule has 7 nitrogen and oxygen atoms in total. The molecule has 0 unspecified atom stereocenters. The predicted octanol–water partition coefficient (Wildman–Crippen LogP) is 4.35. The number of benzodiazepines with no additional fused rings is 1. The number of anilines is 1. The van der Waals surface area contributed by atoms with Crippen LogP contribution in [0.1, 0.15) is 40.9 Å². The van der Waals surface area contributed by atoms with E-state index in [1.165, 1.54) is 18.2 Å². The van der Waals surface area contributed by atoms with Crippen molar-refractivity contribution in [1.29, 1.82) is 0 Å². The van der Waals surface area contributed by atoms with Crippen LogP contribution < -0.4 is 16.0 Å². The van der Waals surface area contributed by atoms with Crippen LogP contribution in [0.2, 0.25) is 0 Å². The van der Waals surface area contributed by atoms with E-state index in [4.69, 9.17) is 9.85 Å². The molecule has 39 heavy (non-hydrogen) atoms. The summed E-state index contributed by atoms with van der Waals surface area (Å²) in [5.41, 5.74) is 5.73. The van der Waals surface area contributed by atoms with Crippen LogP contribution in [-0.4, -0.2) is 48.9 Å². The van der Waals surface area contributed by atoms with Gasteiger partial charge in [-0.05, 0) is 18.9 Å². The molecule has 0 aromatic heterocycles. The maximum absolute atomic E-state index is 13.6. The molecule has 0 radical (unpaired) electrons. The number of hydrogen-bond donors (Lipinski definition) is 2. The molecular weight excluding hydrogens is 530 g/mol. The van der Waals surface area contributed by atoms with Gasteiger partial charge in [-0.3, -0.25) is 14.4 Å². The fourth-order valence-electron chi connectivity index (χ4n) is 4.22. The highest BCUT2D eigenvalue weighted by Gasteiger charge is 2.41. The van der Waals surface area contributed by atoms with E-state index in [0.717, 1.165) is 0 Å². The minimum Gasteiger partial charge on any atom is -0.369 e. The zero-order valence-electron chi connectivity index (χ0n) is 23.2. The Morgan fingerprint density at radius 2 is 1.54 bits per heavy atom. The summed E-state index contributed by atoms with van der Waals surface area (Å²) in [5.74, 6) is -8.18. The Kier molecular flexibility index (Phi) is 7.73. The highest BCUT2D eigenvalue weighted by Crippen LogP contribution is 2.33. The highest BCUT2D eigenvalue weighted by molar-refractivity contribution is 6.20. The van der Waals surface area contributed by atoms with E-state index in [1.807, 2.05) is 0 Å². The van der Waals surface area contributed by atoms with Crippen molar-refractivity contribution in [2.24, 2.45) is 22.6 Å². The van der Waals surface area contributed by atoms with Crippen molar-refractivity contribution in [3.8, 4) is 0 Å². The van der Waals surface area contributed by atoms with Gasteiger partial charge in [0.25, 0.3) is 5.91 Å². The average molecular weight is 560 g/mol. The van der Waals surface area contributed by atoms with Gasteiger partial charge in [0.05, 0.1) is 11.4 Å². The van der Waals surface area contributed by atoms with Crippen LogP contribution in [0, 0.1) is 11.8 Å². The van der Waals surface area contributed by atoms with Gasteiger partial charge in [0, 0.05) is 46.9 Å². The van der Waals surface area contributed by atoms with E-state index < -0.39 is 80.7 Å². The number of alkyl halides is 6. The molecule has 0 saturated heterocycles. The van der Waals surface area contributed by atoms with E-state index in [0.29, 0.717) is 10.5 Å². The summed E-state index contributed by atoms with van der Waals surface area (Å²) in [7, 11) is 0. The van der Waals surface area contributed by atoms with Crippen LogP contribution in [0.4, 0.5) is 32.0 Å². The summed E-state index contributed by atoms with van der Waals surface area (Å²) in [6.45, 7) is -3.12. The summed E-state index contributed by atoms with van der Waals surface area (Å²) in [6, 6.07) is 13.9. The van der Waals surface area contributed by atoms with E-state index in [2.05, 4.69) is 10.3 Å². The number of benzene rings is 2. The van der Waals surface area contributed by atoms with E-state index >= 15 is 0 Å². The largest absolute Gasteiger partial charge is 0.389 e. The van der Waals surface area contributed by atoms with Crippen molar-refractivity contribution in [3.63, 3.8) is 0 Å². The molecular formula is C26H26F6N4O3. The molecule has 0 aliphatic carbocycles. The van der Waals surface area contributed by atoms with Crippen molar-refractivity contribution in [3.05, 3.63) is 65.7 Å². The topological polar surface area (TPSA) is 105 Å². The van der Waals surface area contributed by atoms with Gasteiger partial charge in [-0.25, -0.2) is 4.99 Å². The second-order valence-electron chi connectivity index (χ2n) is 8.87. The minimum atomic E-state index is -4.85. The Balaban J connectivity index is 2.10. The second kappa shape index (κ2) is 11.9. The monoisotopic (exact) mass is 559 g/mol. The Labute approximate surface area is 224 Å². The predicted molar refractivity (Wildman–Crippen MR) is 131 cm³/mol. The number of amides is 3. The van der Waals surface area contributed by atoms with Gasteiger partial charge < -0.3 is 16.0 Å². The second-order valence-corrected chi connectivity index (χ2v) is 8.87. The minimum absolute atomic E-state index is 0.0481. The van der Waals surface area contributed by atoms with Crippen molar-refractivity contribution in [2.45, 2.75) is 44.2 Å². The normalized spacial score (nSPS) is 19.0. The first-order valence-electron chi connectivity index (χ1n) is 13.2. The molecule has 1 aliphatic heterocycles. The lowest BCUT2D eigenvalue weighted by molar-refractivity contribution is -0.152. The maximum Gasteiger partial charge on any atom is 0.389 e. The molecule has 3 amide bonds. The van der Waals surface area contributed by atoms with E-state index in [1.54, 1.807) is 36.4 Å².